The standard InChI is InChI=1S/C16H27NO2/c1-4-9-17(10-5-2)12-15(18)13-19-16-8-6-7-14(3)11-16/h6-8,11,15,18H,4-5,9-10,12-13H2,1-3H3. The monoisotopic (exact) mass is 265 g/mol. The van der Waals surface area contributed by atoms with Gasteiger partial charge in [0.2, 0.25) is 0 Å². The Kier molecular flexibility index (Phi) is 7.53. The van der Waals surface area contributed by atoms with Crippen molar-refractivity contribution in [3.8, 4) is 5.75 Å². The molecule has 0 spiro atoms. The summed E-state index contributed by atoms with van der Waals surface area (Å²) in [6, 6.07) is 7.92. The molecule has 0 heterocycles. The van der Waals surface area contributed by atoms with Crippen molar-refractivity contribution >= 4 is 0 Å². The van der Waals surface area contributed by atoms with Gasteiger partial charge in [-0.15, -0.1) is 0 Å². The SMILES string of the molecule is CCCN(CCC)CC(O)COc1cccc(C)c1. The summed E-state index contributed by atoms with van der Waals surface area (Å²) < 4.78 is 5.63. The van der Waals surface area contributed by atoms with Crippen LogP contribution in [0, 0.1) is 6.92 Å². The molecule has 0 saturated carbocycles. The molecule has 0 saturated heterocycles. The van der Waals surface area contributed by atoms with E-state index in [9.17, 15) is 5.11 Å². The van der Waals surface area contributed by atoms with Crippen molar-refractivity contribution in [1.82, 2.24) is 4.90 Å². The molecule has 0 fully saturated rings. The van der Waals surface area contributed by atoms with Gasteiger partial charge in [0.1, 0.15) is 18.5 Å². The number of aliphatic hydroxyl groups excluding tert-OH is 1. The molecule has 3 nitrogen and oxygen atoms in total. The predicted molar refractivity (Wildman–Crippen MR) is 79.7 cm³/mol. The topological polar surface area (TPSA) is 32.7 Å². The second-order valence-electron chi connectivity index (χ2n) is 5.08. The maximum absolute atomic E-state index is 10.0. The van der Waals surface area contributed by atoms with E-state index in [1.165, 1.54) is 5.56 Å². The molecule has 0 aliphatic heterocycles. The first-order valence-electron chi connectivity index (χ1n) is 7.25. The summed E-state index contributed by atoms with van der Waals surface area (Å²) in [5, 5.41) is 10.0. The number of aliphatic hydroxyl groups is 1. The largest absolute Gasteiger partial charge is 0.491 e. The maximum Gasteiger partial charge on any atom is 0.119 e. The van der Waals surface area contributed by atoms with Crippen molar-refractivity contribution in [3.05, 3.63) is 29.8 Å². The number of ether oxygens (including phenoxy) is 1. The maximum atomic E-state index is 10.0. The first-order valence-corrected chi connectivity index (χ1v) is 7.25. The molecule has 0 amide bonds. The van der Waals surface area contributed by atoms with Crippen molar-refractivity contribution in [3.63, 3.8) is 0 Å². The average Bonchev–Trinajstić information content (AvgIpc) is 2.37. The highest BCUT2D eigenvalue weighted by Gasteiger charge is 2.11. The Morgan fingerprint density at radius 2 is 1.89 bits per heavy atom. The molecule has 108 valence electrons. The van der Waals surface area contributed by atoms with Crippen LogP contribution in [0.2, 0.25) is 0 Å². The van der Waals surface area contributed by atoms with E-state index >= 15 is 0 Å². The van der Waals surface area contributed by atoms with Crippen LogP contribution in [0.25, 0.3) is 0 Å². The number of benzene rings is 1. The Bertz CT molecular complexity index is 348. The molecular formula is C16H27NO2. The number of hydrogen-bond donors (Lipinski definition) is 1. The molecular weight excluding hydrogens is 238 g/mol. The zero-order chi connectivity index (χ0) is 14.1. The minimum absolute atomic E-state index is 0.355. The quantitative estimate of drug-likeness (QED) is 0.745. The number of rotatable bonds is 9. The third-order valence-corrected chi connectivity index (χ3v) is 2.98. The fraction of sp³-hybridized carbons (Fsp3) is 0.625. The molecule has 3 heteroatoms. The van der Waals surface area contributed by atoms with E-state index in [0.29, 0.717) is 13.2 Å². The Balaban J connectivity index is 2.35. The number of nitrogens with zero attached hydrogens (tertiary/aromatic N) is 1. The summed E-state index contributed by atoms with van der Waals surface area (Å²) in [4.78, 5) is 2.30. The van der Waals surface area contributed by atoms with Gasteiger partial charge in [-0.2, -0.15) is 0 Å². The first kappa shape index (κ1) is 16.0. The zero-order valence-electron chi connectivity index (χ0n) is 12.4. The third-order valence-electron chi connectivity index (χ3n) is 2.98. The van der Waals surface area contributed by atoms with Crippen LogP contribution in [0.15, 0.2) is 24.3 Å². The minimum atomic E-state index is -0.432. The van der Waals surface area contributed by atoms with E-state index in [1.54, 1.807) is 0 Å². The molecule has 0 aliphatic rings. The lowest BCUT2D eigenvalue weighted by Crippen LogP contribution is -2.36. The van der Waals surface area contributed by atoms with E-state index in [-0.39, 0.29) is 0 Å². The summed E-state index contributed by atoms with van der Waals surface area (Å²) in [5.41, 5.74) is 1.17. The Labute approximate surface area is 117 Å². The smallest absolute Gasteiger partial charge is 0.119 e. The predicted octanol–water partition coefficient (Wildman–Crippen LogP) is 2.86. The van der Waals surface area contributed by atoms with Gasteiger partial charge in [-0.1, -0.05) is 26.0 Å². The third kappa shape index (κ3) is 6.60. The summed E-state index contributed by atoms with van der Waals surface area (Å²) >= 11 is 0. The van der Waals surface area contributed by atoms with Crippen LogP contribution < -0.4 is 4.74 Å². The summed E-state index contributed by atoms with van der Waals surface area (Å²) in [5.74, 6) is 0.830. The second kappa shape index (κ2) is 8.94. The lowest BCUT2D eigenvalue weighted by atomic mass is 10.2. The van der Waals surface area contributed by atoms with Crippen molar-refractivity contribution in [2.24, 2.45) is 0 Å². The van der Waals surface area contributed by atoms with Gasteiger partial charge in [0.15, 0.2) is 0 Å². The van der Waals surface area contributed by atoms with Gasteiger partial charge in [-0.25, -0.2) is 0 Å². The van der Waals surface area contributed by atoms with E-state index < -0.39 is 6.10 Å². The highest BCUT2D eigenvalue weighted by molar-refractivity contribution is 5.27. The molecule has 0 radical (unpaired) electrons. The van der Waals surface area contributed by atoms with Crippen LogP contribution in [0.3, 0.4) is 0 Å². The normalized spacial score (nSPS) is 12.7. The van der Waals surface area contributed by atoms with E-state index in [4.69, 9.17) is 4.74 Å². The van der Waals surface area contributed by atoms with Crippen LogP contribution in [0.4, 0.5) is 0 Å². The highest BCUT2D eigenvalue weighted by Crippen LogP contribution is 2.12. The van der Waals surface area contributed by atoms with E-state index in [0.717, 1.165) is 31.7 Å². The molecule has 1 aromatic carbocycles. The molecule has 1 rings (SSSR count). The summed E-state index contributed by atoms with van der Waals surface area (Å²) in [6.45, 7) is 9.48. The van der Waals surface area contributed by atoms with Gasteiger partial charge < -0.3 is 14.7 Å². The van der Waals surface area contributed by atoms with Crippen molar-refractivity contribution < 1.29 is 9.84 Å². The Morgan fingerprint density at radius 3 is 2.47 bits per heavy atom. The van der Waals surface area contributed by atoms with Gasteiger partial charge in [-0.05, 0) is 50.6 Å². The Morgan fingerprint density at radius 1 is 1.21 bits per heavy atom. The fourth-order valence-electron chi connectivity index (χ4n) is 2.18. The summed E-state index contributed by atoms with van der Waals surface area (Å²) in [6.07, 6.45) is 1.80. The van der Waals surface area contributed by atoms with Crippen molar-refractivity contribution in [1.29, 1.82) is 0 Å². The van der Waals surface area contributed by atoms with Gasteiger partial charge >= 0.3 is 0 Å². The lowest BCUT2D eigenvalue weighted by molar-refractivity contribution is 0.0681. The second-order valence-corrected chi connectivity index (χ2v) is 5.08. The first-order chi connectivity index (χ1) is 9.15. The molecule has 1 unspecified atom stereocenters. The van der Waals surface area contributed by atoms with Crippen LogP contribution in [-0.4, -0.2) is 42.4 Å². The van der Waals surface area contributed by atoms with E-state index in [2.05, 4.69) is 18.7 Å². The molecule has 0 aromatic heterocycles. The highest BCUT2D eigenvalue weighted by atomic mass is 16.5. The number of hydrogen-bond acceptors (Lipinski definition) is 3. The van der Waals surface area contributed by atoms with Gasteiger partial charge in [0, 0.05) is 6.54 Å². The van der Waals surface area contributed by atoms with Crippen LogP contribution in [0.1, 0.15) is 32.3 Å². The summed E-state index contributed by atoms with van der Waals surface area (Å²) in [7, 11) is 0. The van der Waals surface area contributed by atoms with Crippen molar-refractivity contribution in [2.45, 2.75) is 39.7 Å². The molecule has 1 aromatic rings. The van der Waals surface area contributed by atoms with Crippen molar-refractivity contribution in [2.75, 3.05) is 26.2 Å². The lowest BCUT2D eigenvalue weighted by Gasteiger charge is -2.24. The fourth-order valence-corrected chi connectivity index (χ4v) is 2.18. The van der Waals surface area contributed by atoms with Gasteiger partial charge in [-0.3, -0.25) is 0 Å². The molecule has 19 heavy (non-hydrogen) atoms. The van der Waals surface area contributed by atoms with Crippen LogP contribution >= 0.6 is 0 Å². The average molecular weight is 265 g/mol. The zero-order valence-corrected chi connectivity index (χ0v) is 12.4. The van der Waals surface area contributed by atoms with Crippen LogP contribution in [-0.2, 0) is 0 Å². The van der Waals surface area contributed by atoms with Gasteiger partial charge in [0.25, 0.3) is 0 Å². The molecule has 0 aliphatic carbocycles. The van der Waals surface area contributed by atoms with E-state index in [1.807, 2.05) is 31.2 Å². The van der Waals surface area contributed by atoms with Gasteiger partial charge in [0.05, 0.1) is 0 Å². The molecule has 1 N–H and O–H groups in total. The Hall–Kier alpha value is -1.06. The minimum Gasteiger partial charge on any atom is -0.491 e. The molecule has 0 bridgehead atoms. The molecule has 1 atom stereocenters. The number of aryl methyl sites for hydroxylation is 1. The van der Waals surface area contributed by atoms with Crippen LogP contribution in [0.5, 0.6) is 5.75 Å².